The fourth-order valence-corrected chi connectivity index (χ4v) is 1.45. The molecule has 1 aromatic carbocycles. The van der Waals surface area contributed by atoms with Crippen LogP contribution >= 0.6 is 0 Å². The summed E-state index contributed by atoms with van der Waals surface area (Å²) in [7, 11) is 0. The van der Waals surface area contributed by atoms with E-state index in [9.17, 15) is 22.9 Å². The average Bonchev–Trinajstić information content (AvgIpc) is 2.27. The van der Waals surface area contributed by atoms with Gasteiger partial charge in [-0.25, -0.2) is 0 Å². The van der Waals surface area contributed by atoms with E-state index >= 15 is 0 Å². The van der Waals surface area contributed by atoms with Gasteiger partial charge < -0.3 is 10.4 Å². The van der Waals surface area contributed by atoms with Gasteiger partial charge in [0.15, 0.2) is 0 Å². The molecule has 5 nitrogen and oxygen atoms in total. The summed E-state index contributed by atoms with van der Waals surface area (Å²) >= 11 is 0. The monoisotopic (exact) mass is 288 g/mol. The number of halogens is 3. The smallest absolute Gasteiger partial charge is 0.393 e. The van der Waals surface area contributed by atoms with E-state index < -0.39 is 30.0 Å². The van der Waals surface area contributed by atoms with Crippen molar-refractivity contribution >= 4 is 11.6 Å². The number of benzene rings is 1. The predicted molar refractivity (Wildman–Crippen MR) is 66.0 cm³/mol. The summed E-state index contributed by atoms with van der Waals surface area (Å²) in [5.74, 6) is -1.58. The first-order chi connectivity index (χ1) is 9.23. The maximum Gasteiger partial charge on any atom is 0.393 e. The van der Waals surface area contributed by atoms with E-state index in [1.54, 1.807) is 0 Å². The first-order valence-electron chi connectivity index (χ1n) is 5.43. The molecule has 20 heavy (non-hydrogen) atoms. The van der Waals surface area contributed by atoms with Crippen molar-refractivity contribution < 1.29 is 23.1 Å². The Kier molecular flexibility index (Phi) is 4.84. The van der Waals surface area contributed by atoms with E-state index in [1.807, 2.05) is 0 Å². The molecule has 0 spiro atoms. The molecule has 0 unspecified atom stereocenters. The number of aliphatic hydroxyl groups is 1. The van der Waals surface area contributed by atoms with E-state index in [1.165, 1.54) is 18.2 Å². The summed E-state index contributed by atoms with van der Waals surface area (Å²) in [5, 5.41) is 13.6. The third kappa shape index (κ3) is 4.71. The first-order valence-corrected chi connectivity index (χ1v) is 5.43. The van der Waals surface area contributed by atoms with Gasteiger partial charge in [0.25, 0.3) is 5.91 Å². The Morgan fingerprint density at radius 3 is 2.55 bits per heavy atom. The van der Waals surface area contributed by atoms with Crippen LogP contribution in [-0.4, -0.2) is 17.2 Å². The van der Waals surface area contributed by atoms with Crippen LogP contribution in [-0.2, 0) is 11.2 Å². The summed E-state index contributed by atoms with van der Waals surface area (Å²) < 4.78 is 36.7. The van der Waals surface area contributed by atoms with E-state index in [-0.39, 0.29) is 11.3 Å². The second-order valence-electron chi connectivity index (χ2n) is 3.97. The maximum absolute atomic E-state index is 12.2. The van der Waals surface area contributed by atoms with Gasteiger partial charge in [0.1, 0.15) is 5.76 Å². The number of carbonyl (C=O) groups excluding carboxylic acids is 1. The van der Waals surface area contributed by atoms with Gasteiger partial charge in [0.05, 0.1) is 6.42 Å². The molecule has 0 radical (unpaired) electrons. The molecule has 2 N–H and O–H groups in total. The fraction of sp³-hybridized carbons (Fsp3) is 0.250. The zero-order valence-electron chi connectivity index (χ0n) is 10.4. The van der Waals surface area contributed by atoms with Crippen molar-refractivity contribution in [2.45, 2.75) is 19.5 Å². The largest absolute Gasteiger partial charge is 0.510 e. The molecule has 0 aliphatic rings. The maximum atomic E-state index is 12.2. The minimum atomic E-state index is -4.36. The van der Waals surface area contributed by atoms with Crippen molar-refractivity contribution in [1.82, 2.24) is 0 Å². The zero-order chi connectivity index (χ0) is 15.3. The number of nitroso groups, excluding NO2 is 1. The Morgan fingerprint density at radius 2 is 2.05 bits per heavy atom. The summed E-state index contributed by atoms with van der Waals surface area (Å²) in [5.41, 5.74) is -0.703. The average molecular weight is 288 g/mol. The highest BCUT2D eigenvalue weighted by atomic mass is 19.4. The van der Waals surface area contributed by atoms with Crippen LogP contribution in [0.2, 0.25) is 0 Å². The highest BCUT2D eigenvalue weighted by Gasteiger charge is 2.27. The van der Waals surface area contributed by atoms with E-state index in [0.717, 1.165) is 13.0 Å². The summed E-state index contributed by atoms with van der Waals surface area (Å²) in [4.78, 5) is 21.9. The van der Waals surface area contributed by atoms with Gasteiger partial charge in [-0.1, -0.05) is 12.1 Å². The molecular formula is C12H11F3N2O3. The molecule has 0 heterocycles. The number of nitrogens with zero attached hydrogens (tertiary/aromatic N) is 1. The molecular weight excluding hydrogens is 277 g/mol. The van der Waals surface area contributed by atoms with Crippen LogP contribution in [0.1, 0.15) is 12.5 Å². The zero-order valence-corrected chi connectivity index (χ0v) is 10.4. The number of hydrogen-bond donors (Lipinski definition) is 2. The van der Waals surface area contributed by atoms with Crippen LogP contribution < -0.4 is 5.32 Å². The molecule has 1 amide bonds. The third-order valence-corrected chi connectivity index (χ3v) is 2.24. The van der Waals surface area contributed by atoms with Crippen molar-refractivity contribution in [3.05, 3.63) is 46.2 Å². The molecule has 0 aliphatic carbocycles. The van der Waals surface area contributed by atoms with Crippen molar-refractivity contribution in [1.29, 1.82) is 0 Å². The molecule has 108 valence electrons. The Bertz CT molecular complexity index is 549. The van der Waals surface area contributed by atoms with Crippen molar-refractivity contribution in [2.24, 2.45) is 5.18 Å². The van der Waals surface area contributed by atoms with Crippen LogP contribution in [0.15, 0.2) is 40.9 Å². The second kappa shape index (κ2) is 6.18. The van der Waals surface area contributed by atoms with Gasteiger partial charge in [-0.3, -0.25) is 4.79 Å². The topological polar surface area (TPSA) is 78.8 Å². The lowest BCUT2D eigenvalue weighted by Gasteiger charge is -2.09. The Labute approximate surface area is 112 Å². The Hall–Kier alpha value is -2.38. The minimum Gasteiger partial charge on any atom is -0.510 e. The van der Waals surface area contributed by atoms with Crippen molar-refractivity contribution in [2.75, 3.05) is 5.32 Å². The van der Waals surface area contributed by atoms with Crippen LogP contribution in [0.5, 0.6) is 0 Å². The van der Waals surface area contributed by atoms with Crippen LogP contribution in [0.25, 0.3) is 0 Å². The van der Waals surface area contributed by atoms with Gasteiger partial charge in [-0.2, -0.15) is 13.2 Å². The number of aliphatic hydroxyl groups excluding tert-OH is 1. The molecule has 1 rings (SSSR count). The number of hydrogen-bond acceptors (Lipinski definition) is 4. The Morgan fingerprint density at radius 1 is 1.40 bits per heavy atom. The predicted octanol–water partition coefficient (Wildman–Crippen LogP) is 3.29. The highest BCUT2D eigenvalue weighted by molar-refractivity contribution is 6.03. The third-order valence-electron chi connectivity index (χ3n) is 2.24. The quantitative estimate of drug-likeness (QED) is 0.507. The summed E-state index contributed by atoms with van der Waals surface area (Å²) in [6, 6.07) is 5.07. The van der Waals surface area contributed by atoms with Gasteiger partial charge in [0.2, 0.25) is 5.70 Å². The number of carbonyl (C=O) groups is 1. The summed E-state index contributed by atoms with van der Waals surface area (Å²) in [6.45, 7) is 1.09. The lowest BCUT2D eigenvalue weighted by Crippen LogP contribution is -2.15. The highest BCUT2D eigenvalue weighted by Crippen LogP contribution is 2.23. The van der Waals surface area contributed by atoms with Crippen LogP contribution in [0, 0.1) is 4.91 Å². The Balaban J connectivity index is 2.89. The van der Waals surface area contributed by atoms with Crippen LogP contribution in [0.4, 0.5) is 18.9 Å². The van der Waals surface area contributed by atoms with Gasteiger partial charge in [-0.15, -0.1) is 4.91 Å². The second-order valence-corrected chi connectivity index (χ2v) is 3.97. The van der Waals surface area contributed by atoms with Crippen molar-refractivity contribution in [3.8, 4) is 0 Å². The van der Waals surface area contributed by atoms with Crippen molar-refractivity contribution in [3.63, 3.8) is 0 Å². The molecule has 0 aromatic heterocycles. The lowest BCUT2D eigenvalue weighted by molar-refractivity contribution is -0.127. The molecule has 8 heteroatoms. The lowest BCUT2D eigenvalue weighted by atomic mass is 10.1. The molecule has 1 aromatic rings. The molecule has 0 fully saturated rings. The number of rotatable bonds is 4. The fourth-order valence-electron chi connectivity index (χ4n) is 1.45. The SMILES string of the molecule is CC(O)=C(N=O)C(=O)Nc1cccc(CC(F)(F)F)c1. The van der Waals surface area contributed by atoms with E-state index in [0.29, 0.717) is 0 Å². The molecule has 0 bridgehead atoms. The number of allylic oxidation sites excluding steroid dienone is 1. The minimum absolute atomic E-state index is 0.0411. The van der Waals surface area contributed by atoms with Gasteiger partial charge >= 0.3 is 6.18 Å². The van der Waals surface area contributed by atoms with E-state index in [2.05, 4.69) is 10.5 Å². The van der Waals surface area contributed by atoms with Gasteiger partial charge in [-0.05, 0) is 29.8 Å². The first kappa shape index (κ1) is 15.7. The molecule has 0 atom stereocenters. The number of nitrogens with one attached hydrogen (secondary N) is 1. The number of amides is 1. The molecule has 0 saturated heterocycles. The number of anilines is 1. The van der Waals surface area contributed by atoms with Crippen LogP contribution in [0.3, 0.4) is 0 Å². The van der Waals surface area contributed by atoms with Gasteiger partial charge in [0, 0.05) is 5.69 Å². The van der Waals surface area contributed by atoms with E-state index in [4.69, 9.17) is 5.11 Å². The summed E-state index contributed by atoms with van der Waals surface area (Å²) in [6.07, 6.45) is -5.50. The normalized spacial score (nSPS) is 12.6. The number of alkyl halides is 3. The molecule has 0 saturated carbocycles. The molecule has 0 aliphatic heterocycles. The standard InChI is InChI=1S/C12H11F3N2O3/c1-7(18)10(17-20)11(19)16-9-4-2-3-8(5-9)6-12(13,14)15/h2-5,18H,6H2,1H3,(H,16,19).